The van der Waals surface area contributed by atoms with E-state index in [4.69, 9.17) is 5.11 Å². The van der Waals surface area contributed by atoms with Gasteiger partial charge in [0.05, 0.1) is 4.88 Å². The number of halogens is 3. The zero-order chi connectivity index (χ0) is 13.1. The Kier molecular flexibility index (Phi) is 5.06. The second-order valence-electron chi connectivity index (χ2n) is 3.84. The molecule has 6 heteroatoms. The summed E-state index contributed by atoms with van der Waals surface area (Å²) in [6.07, 6.45) is 0.134. The Morgan fingerprint density at radius 3 is 2.65 bits per heavy atom. The first-order valence-corrected chi connectivity index (χ1v) is 6.80. The predicted molar refractivity (Wildman–Crippen MR) is 66.8 cm³/mol. The van der Waals surface area contributed by atoms with Crippen LogP contribution in [0.1, 0.15) is 35.4 Å². The van der Waals surface area contributed by atoms with E-state index in [9.17, 15) is 13.6 Å². The number of rotatable bonds is 6. The van der Waals surface area contributed by atoms with Gasteiger partial charge in [0.15, 0.2) is 0 Å². The number of carboxylic acids is 1. The minimum absolute atomic E-state index is 0.0327. The van der Waals surface area contributed by atoms with E-state index >= 15 is 0 Å². The molecule has 0 aromatic carbocycles. The molecule has 1 aromatic heterocycles. The van der Waals surface area contributed by atoms with Crippen molar-refractivity contribution in [2.75, 3.05) is 0 Å². The largest absolute Gasteiger partial charge is 0.481 e. The number of thiophene rings is 1. The molecule has 0 radical (unpaired) electrons. The lowest BCUT2D eigenvalue weighted by Crippen LogP contribution is -2.12. The standard InChI is InChI=1S/C11H13BrF2O2S/c1-7-6-8(12)10(17-7)11(13,14)5-3-2-4-9(15)16/h6H,2-5H2,1H3,(H,15,16). The molecule has 1 N–H and O–H groups in total. The Balaban J connectivity index is 2.56. The van der Waals surface area contributed by atoms with Crippen molar-refractivity contribution in [2.24, 2.45) is 0 Å². The Bertz CT molecular complexity index is 404. The molecule has 0 aliphatic heterocycles. The van der Waals surface area contributed by atoms with Crippen molar-refractivity contribution < 1.29 is 18.7 Å². The molecule has 0 spiro atoms. The average Bonchev–Trinajstić information content (AvgIpc) is 2.53. The van der Waals surface area contributed by atoms with Crippen molar-refractivity contribution in [1.82, 2.24) is 0 Å². The third-order valence-corrected chi connectivity index (χ3v) is 4.32. The molecule has 17 heavy (non-hydrogen) atoms. The summed E-state index contributed by atoms with van der Waals surface area (Å²) in [4.78, 5) is 11.1. The van der Waals surface area contributed by atoms with Crippen LogP contribution in [0.2, 0.25) is 0 Å². The third kappa shape index (κ3) is 4.35. The van der Waals surface area contributed by atoms with Crippen LogP contribution in [0.4, 0.5) is 8.78 Å². The van der Waals surface area contributed by atoms with Crippen LogP contribution in [-0.2, 0) is 10.7 Å². The second-order valence-corrected chi connectivity index (χ2v) is 5.95. The highest BCUT2D eigenvalue weighted by atomic mass is 79.9. The van der Waals surface area contributed by atoms with Gasteiger partial charge in [-0.15, -0.1) is 11.3 Å². The summed E-state index contributed by atoms with van der Waals surface area (Å²) in [6, 6.07) is 1.67. The highest BCUT2D eigenvalue weighted by Crippen LogP contribution is 2.42. The van der Waals surface area contributed by atoms with Crippen molar-refractivity contribution in [1.29, 1.82) is 0 Å². The van der Waals surface area contributed by atoms with Crippen molar-refractivity contribution in [3.05, 3.63) is 20.3 Å². The summed E-state index contributed by atoms with van der Waals surface area (Å²) in [5.41, 5.74) is 0. The van der Waals surface area contributed by atoms with E-state index in [1.165, 1.54) is 0 Å². The van der Waals surface area contributed by atoms with Gasteiger partial charge in [0, 0.05) is 22.2 Å². The molecule has 0 saturated heterocycles. The summed E-state index contributed by atoms with van der Waals surface area (Å²) in [5, 5.41) is 8.41. The average molecular weight is 327 g/mol. The molecule has 2 nitrogen and oxygen atoms in total. The van der Waals surface area contributed by atoms with Crippen molar-refractivity contribution >= 4 is 33.2 Å². The zero-order valence-corrected chi connectivity index (χ0v) is 11.7. The maximum Gasteiger partial charge on any atom is 0.303 e. The quantitative estimate of drug-likeness (QED) is 0.778. The number of hydrogen-bond donors (Lipinski definition) is 1. The van der Waals surface area contributed by atoms with Crippen molar-refractivity contribution in [3.8, 4) is 0 Å². The number of unbranched alkanes of at least 4 members (excludes halogenated alkanes) is 1. The van der Waals surface area contributed by atoms with Gasteiger partial charge in [-0.1, -0.05) is 0 Å². The van der Waals surface area contributed by atoms with Gasteiger partial charge >= 0.3 is 5.97 Å². The summed E-state index contributed by atoms with van der Waals surface area (Å²) in [7, 11) is 0. The molecular formula is C11H13BrF2O2S. The lowest BCUT2D eigenvalue weighted by molar-refractivity contribution is -0.137. The zero-order valence-electron chi connectivity index (χ0n) is 9.30. The number of carbonyl (C=O) groups is 1. The van der Waals surface area contributed by atoms with Gasteiger partial charge in [-0.2, -0.15) is 0 Å². The first kappa shape index (κ1) is 14.6. The molecular weight excluding hydrogens is 314 g/mol. The molecule has 0 atom stereocenters. The Hall–Kier alpha value is -0.490. The van der Waals surface area contributed by atoms with Gasteiger partial charge in [0.25, 0.3) is 5.92 Å². The first-order valence-electron chi connectivity index (χ1n) is 5.19. The molecule has 1 aromatic rings. The molecule has 0 unspecified atom stereocenters. The van der Waals surface area contributed by atoms with Gasteiger partial charge in [-0.05, 0) is 41.8 Å². The second kappa shape index (κ2) is 5.91. The van der Waals surface area contributed by atoms with Gasteiger partial charge in [-0.25, -0.2) is 8.78 Å². The van der Waals surface area contributed by atoms with Crippen LogP contribution in [0, 0.1) is 6.92 Å². The number of hydrogen-bond acceptors (Lipinski definition) is 2. The van der Waals surface area contributed by atoms with Crippen LogP contribution in [0.5, 0.6) is 0 Å². The molecule has 0 bridgehead atoms. The molecule has 1 heterocycles. The van der Waals surface area contributed by atoms with Crippen LogP contribution < -0.4 is 0 Å². The monoisotopic (exact) mass is 326 g/mol. The van der Waals surface area contributed by atoms with Crippen molar-refractivity contribution in [2.45, 2.75) is 38.5 Å². The predicted octanol–water partition coefficient (Wildman–Crippen LogP) is 4.56. The molecule has 0 saturated carbocycles. The molecule has 0 fully saturated rings. The summed E-state index contributed by atoms with van der Waals surface area (Å²) < 4.78 is 28.0. The fourth-order valence-corrected chi connectivity index (χ4v) is 3.40. The van der Waals surface area contributed by atoms with E-state index in [-0.39, 0.29) is 30.6 Å². The Morgan fingerprint density at radius 2 is 2.18 bits per heavy atom. The van der Waals surface area contributed by atoms with Gasteiger partial charge in [-0.3, -0.25) is 4.79 Å². The van der Waals surface area contributed by atoms with Crippen molar-refractivity contribution in [3.63, 3.8) is 0 Å². The molecule has 0 amide bonds. The van der Waals surface area contributed by atoms with Crippen LogP contribution >= 0.6 is 27.3 Å². The molecule has 1 rings (SSSR count). The van der Waals surface area contributed by atoms with E-state index in [1.54, 1.807) is 13.0 Å². The third-order valence-electron chi connectivity index (χ3n) is 2.27. The highest BCUT2D eigenvalue weighted by molar-refractivity contribution is 9.10. The van der Waals surface area contributed by atoms with Crippen LogP contribution in [-0.4, -0.2) is 11.1 Å². The normalized spacial score (nSPS) is 11.8. The summed E-state index contributed by atoms with van der Waals surface area (Å²) in [6.45, 7) is 1.78. The lowest BCUT2D eigenvalue weighted by Gasteiger charge is -2.14. The topological polar surface area (TPSA) is 37.3 Å². The van der Waals surface area contributed by atoms with E-state index in [0.717, 1.165) is 16.2 Å². The molecule has 0 aliphatic rings. The summed E-state index contributed by atoms with van der Waals surface area (Å²) in [5.74, 6) is -3.82. The van der Waals surface area contributed by atoms with Crippen LogP contribution in [0.15, 0.2) is 10.5 Å². The van der Waals surface area contributed by atoms with Crippen LogP contribution in [0.3, 0.4) is 0 Å². The molecule has 0 aliphatic carbocycles. The minimum Gasteiger partial charge on any atom is -0.481 e. The maximum absolute atomic E-state index is 13.8. The molecule has 96 valence electrons. The maximum atomic E-state index is 13.8. The number of aliphatic carboxylic acids is 1. The van der Waals surface area contributed by atoms with E-state index in [1.807, 2.05) is 0 Å². The van der Waals surface area contributed by atoms with E-state index < -0.39 is 11.9 Å². The number of aryl methyl sites for hydroxylation is 1. The lowest BCUT2D eigenvalue weighted by atomic mass is 10.1. The fourth-order valence-electron chi connectivity index (χ4n) is 1.47. The van der Waals surface area contributed by atoms with Crippen LogP contribution in [0.25, 0.3) is 0 Å². The Labute approximate surface area is 111 Å². The smallest absolute Gasteiger partial charge is 0.303 e. The Morgan fingerprint density at radius 1 is 1.53 bits per heavy atom. The van der Waals surface area contributed by atoms with E-state index in [2.05, 4.69) is 15.9 Å². The SMILES string of the molecule is Cc1cc(Br)c(C(F)(F)CCCCC(=O)O)s1. The first-order chi connectivity index (χ1) is 7.83. The van der Waals surface area contributed by atoms with Gasteiger partial charge in [0.2, 0.25) is 0 Å². The summed E-state index contributed by atoms with van der Waals surface area (Å²) >= 11 is 4.19. The fraction of sp³-hybridized carbons (Fsp3) is 0.545. The number of alkyl halides is 2. The van der Waals surface area contributed by atoms with Gasteiger partial charge < -0.3 is 5.11 Å². The minimum atomic E-state index is -2.88. The van der Waals surface area contributed by atoms with E-state index in [0.29, 0.717) is 4.47 Å². The van der Waals surface area contributed by atoms with Gasteiger partial charge in [0.1, 0.15) is 0 Å². The number of carboxylic acid groups (broad SMARTS) is 1. The highest BCUT2D eigenvalue weighted by Gasteiger charge is 2.34.